The van der Waals surface area contributed by atoms with Crippen molar-refractivity contribution < 1.29 is 9.50 Å². The van der Waals surface area contributed by atoms with Crippen LogP contribution in [0.25, 0.3) is 11.0 Å². The van der Waals surface area contributed by atoms with E-state index in [1.165, 1.54) is 42.0 Å². The zero-order valence-electron chi connectivity index (χ0n) is 13.3. The fraction of sp³-hybridized carbons (Fsp3) is 0.316. The number of imidazole rings is 1. The predicted octanol–water partition coefficient (Wildman–Crippen LogP) is 4.55. The first kappa shape index (κ1) is 15.5. The maximum atomic E-state index is 13.2. The quantitative estimate of drug-likeness (QED) is 0.709. The first-order valence-corrected chi connectivity index (χ1v) is 9.14. The van der Waals surface area contributed by atoms with Crippen LogP contribution in [0.1, 0.15) is 47.2 Å². The van der Waals surface area contributed by atoms with Gasteiger partial charge in [0.15, 0.2) is 4.96 Å². The number of aliphatic hydroxyl groups is 1. The summed E-state index contributed by atoms with van der Waals surface area (Å²) >= 11 is 1.73. The number of aryl methyl sites for hydroxylation is 2. The summed E-state index contributed by atoms with van der Waals surface area (Å²) in [4.78, 5) is 6.83. The van der Waals surface area contributed by atoms with Gasteiger partial charge in [0.1, 0.15) is 11.9 Å². The Hall–Kier alpha value is -1.98. The highest BCUT2D eigenvalue weighted by atomic mass is 32.1. The first-order valence-electron chi connectivity index (χ1n) is 8.32. The molecule has 1 N–H and O–H groups in total. The maximum Gasteiger partial charge on any atom is 0.194 e. The van der Waals surface area contributed by atoms with Crippen LogP contribution in [-0.2, 0) is 12.8 Å². The average molecular weight is 342 g/mol. The number of fused-ring (bicyclic) bond motifs is 3. The number of nitrogens with zero attached hydrogens (tertiary/aromatic N) is 2. The molecule has 1 atom stereocenters. The minimum absolute atomic E-state index is 0.276. The van der Waals surface area contributed by atoms with Crippen LogP contribution in [0.15, 0.2) is 36.5 Å². The van der Waals surface area contributed by atoms with Crippen LogP contribution in [0.2, 0.25) is 0 Å². The van der Waals surface area contributed by atoms with E-state index in [4.69, 9.17) is 0 Å². The van der Waals surface area contributed by atoms with E-state index in [-0.39, 0.29) is 5.82 Å². The van der Waals surface area contributed by atoms with Crippen molar-refractivity contribution in [2.45, 2.75) is 38.2 Å². The molecular weight excluding hydrogens is 323 g/mol. The summed E-state index contributed by atoms with van der Waals surface area (Å²) in [6, 6.07) is 6.34. The van der Waals surface area contributed by atoms with E-state index >= 15 is 0 Å². The molecule has 0 radical (unpaired) electrons. The summed E-state index contributed by atoms with van der Waals surface area (Å²) in [5.74, 6) is -0.276. The third-order valence-corrected chi connectivity index (χ3v) is 5.66. The minimum Gasteiger partial charge on any atom is -0.383 e. The number of thiazole rings is 1. The molecule has 2 aromatic heterocycles. The van der Waals surface area contributed by atoms with Crippen LogP contribution in [0, 0.1) is 5.82 Å². The highest BCUT2D eigenvalue weighted by Crippen LogP contribution is 2.32. The Kier molecular flexibility index (Phi) is 4.21. The normalized spacial score (nSPS) is 16.4. The van der Waals surface area contributed by atoms with E-state index in [0.717, 1.165) is 29.1 Å². The summed E-state index contributed by atoms with van der Waals surface area (Å²) in [7, 11) is 0. The fourth-order valence-electron chi connectivity index (χ4n) is 3.31. The molecule has 0 saturated carbocycles. The maximum absolute atomic E-state index is 13.2. The number of hydrogen-bond donors (Lipinski definition) is 1. The van der Waals surface area contributed by atoms with Gasteiger partial charge in [-0.2, -0.15) is 0 Å². The van der Waals surface area contributed by atoms with E-state index in [1.807, 2.05) is 6.07 Å². The van der Waals surface area contributed by atoms with E-state index < -0.39 is 6.10 Å². The van der Waals surface area contributed by atoms with Crippen LogP contribution in [0.4, 0.5) is 4.39 Å². The number of hydrogen-bond acceptors (Lipinski definition) is 3. The summed E-state index contributed by atoms with van der Waals surface area (Å²) in [5, 5.41) is 10.6. The number of aromatic nitrogens is 2. The lowest BCUT2D eigenvalue weighted by Crippen LogP contribution is -2.02. The number of aliphatic hydroxyl groups excluding tert-OH is 1. The van der Waals surface area contributed by atoms with Crippen LogP contribution in [0.5, 0.6) is 0 Å². The smallest absolute Gasteiger partial charge is 0.194 e. The molecule has 0 saturated heterocycles. The molecule has 2 heterocycles. The Bertz CT molecular complexity index is 896. The van der Waals surface area contributed by atoms with Crippen molar-refractivity contribution in [3.63, 3.8) is 0 Å². The monoisotopic (exact) mass is 342 g/mol. The van der Waals surface area contributed by atoms with E-state index in [9.17, 15) is 9.50 Å². The number of benzene rings is 1. The zero-order valence-corrected chi connectivity index (χ0v) is 14.1. The van der Waals surface area contributed by atoms with Gasteiger partial charge in [0.2, 0.25) is 0 Å². The lowest BCUT2D eigenvalue weighted by atomic mass is 10.1. The molecule has 0 aliphatic heterocycles. The molecule has 0 bridgehead atoms. The Morgan fingerprint density at radius 3 is 3.00 bits per heavy atom. The number of halogens is 1. The molecule has 3 nitrogen and oxygen atoms in total. The predicted molar refractivity (Wildman–Crippen MR) is 94.7 cm³/mol. The van der Waals surface area contributed by atoms with Crippen LogP contribution in [-0.4, -0.2) is 14.5 Å². The largest absolute Gasteiger partial charge is 0.383 e. The van der Waals surface area contributed by atoms with Crippen LogP contribution < -0.4 is 0 Å². The Labute approximate surface area is 144 Å². The second-order valence-corrected chi connectivity index (χ2v) is 7.25. The fourth-order valence-corrected chi connectivity index (χ4v) is 4.50. The van der Waals surface area contributed by atoms with E-state index in [2.05, 4.69) is 9.38 Å². The molecule has 1 unspecified atom stereocenters. The lowest BCUT2D eigenvalue weighted by Gasteiger charge is -2.08. The third-order valence-electron chi connectivity index (χ3n) is 4.50. The Morgan fingerprint density at radius 1 is 1.25 bits per heavy atom. The van der Waals surface area contributed by atoms with Gasteiger partial charge in [0.05, 0.1) is 11.9 Å². The second-order valence-electron chi connectivity index (χ2n) is 6.19. The SMILES string of the molecule is OC(/C=C/c1cccc(F)c1)c1cnc2sc3c(n12)CCCCC3. The molecule has 5 heteroatoms. The van der Waals surface area contributed by atoms with Gasteiger partial charge < -0.3 is 5.11 Å². The molecule has 4 rings (SSSR count). The van der Waals surface area contributed by atoms with E-state index in [0.29, 0.717) is 0 Å². The van der Waals surface area contributed by atoms with Crippen LogP contribution in [0.3, 0.4) is 0 Å². The van der Waals surface area contributed by atoms with Gasteiger partial charge >= 0.3 is 0 Å². The van der Waals surface area contributed by atoms with Crippen molar-refractivity contribution in [1.29, 1.82) is 0 Å². The first-order chi connectivity index (χ1) is 11.7. The van der Waals surface area contributed by atoms with Crippen molar-refractivity contribution >= 4 is 22.4 Å². The molecule has 0 spiro atoms. The van der Waals surface area contributed by atoms with Gasteiger partial charge in [0.25, 0.3) is 0 Å². The van der Waals surface area contributed by atoms with Crippen molar-refractivity contribution in [3.8, 4) is 0 Å². The summed E-state index contributed by atoms with van der Waals surface area (Å²) in [6.45, 7) is 0. The number of rotatable bonds is 3. The van der Waals surface area contributed by atoms with Gasteiger partial charge in [-0.1, -0.05) is 24.6 Å². The van der Waals surface area contributed by atoms with Crippen molar-refractivity contribution in [3.05, 3.63) is 64.2 Å². The molecule has 1 aromatic carbocycles. The molecule has 3 aromatic rings. The van der Waals surface area contributed by atoms with Crippen LogP contribution >= 0.6 is 11.3 Å². The summed E-state index contributed by atoms with van der Waals surface area (Å²) in [6.07, 6.45) is 10.3. The third kappa shape index (κ3) is 2.89. The molecule has 0 amide bonds. The standard InChI is InChI=1S/C19H19FN2OS/c20-14-6-4-5-13(11-14)9-10-17(23)16-12-21-19-22(16)15-7-2-1-3-8-18(15)24-19/h4-6,9-12,17,23H,1-3,7-8H2/b10-9+. The van der Waals surface area contributed by atoms with Gasteiger partial charge in [-0.3, -0.25) is 4.40 Å². The molecule has 124 valence electrons. The highest BCUT2D eigenvalue weighted by molar-refractivity contribution is 7.17. The molecule has 1 aliphatic carbocycles. The van der Waals surface area contributed by atoms with Crippen molar-refractivity contribution in [1.82, 2.24) is 9.38 Å². The van der Waals surface area contributed by atoms with E-state index in [1.54, 1.807) is 35.8 Å². The summed E-state index contributed by atoms with van der Waals surface area (Å²) < 4.78 is 15.4. The molecular formula is C19H19FN2OS. The highest BCUT2D eigenvalue weighted by Gasteiger charge is 2.20. The second kappa shape index (κ2) is 6.49. The Morgan fingerprint density at radius 2 is 2.12 bits per heavy atom. The van der Waals surface area contributed by atoms with Crippen molar-refractivity contribution in [2.75, 3.05) is 0 Å². The van der Waals surface area contributed by atoms with Gasteiger partial charge in [-0.15, -0.1) is 11.3 Å². The summed E-state index contributed by atoms with van der Waals surface area (Å²) in [5.41, 5.74) is 2.83. The molecule has 1 aliphatic rings. The molecule has 0 fully saturated rings. The van der Waals surface area contributed by atoms with Gasteiger partial charge in [-0.05, 0) is 49.5 Å². The molecule has 24 heavy (non-hydrogen) atoms. The Balaban J connectivity index is 1.67. The lowest BCUT2D eigenvalue weighted by molar-refractivity contribution is 0.223. The zero-order chi connectivity index (χ0) is 16.5. The minimum atomic E-state index is -0.759. The van der Waals surface area contributed by atoms with Crippen molar-refractivity contribution in [2.24, 2.45) is 0 Å². The van der Waals surface area contributed by atoms with Gasteiger partial charge in [0, 0.05) is 10.6 Å². The van der Waals surface area contributed by atoms with Gasteiger partial charge in [-0.25, -0.2) is 9.37 Å². The topological polar surface area (TPSA) is 37.5 Å². The average Bonchev–Trinajstić information content (AvgIpc) is 3.04.